The van der Waals surface area contributed by atoms with Crippen LogP contribution in [0, 0.1) is 12.8 Å². The molecule has 1 aliphatic rings. The third-order valence-corrected chi connectivity index (χ3v) is 4.92. The number of carbonyl (C=O) groups excluding carboxylic acids is 1. The highest BCUT2D eigenvalue weighted by molar-refractivity contribution is 7.15. The number of nitrogens with zero attached hydrogens (tertiary/aromatic N) is 4. The summed E-state index contributed by atoms with van der Waals surface area (Å²) in [5.41, 5.74) is 0. The molecule has 8 heteroatoms. The molecule has 124 valence electrons. The summed E-state index contributed by atoms with van der Waals surface area (Å²) in [5, 5.41) is 7.38. The molecule has 2 atom stereocenters. The van der Waals surface area contributed by atoms with Crippen molar-refractivity contribution in [3.63, 3.8) is 0 Å². The minimum absolute atomic E-state index is 0.0871. The fourth-order valence-corrected chi connectivity index (χ4v) is 3.94. The van der Waals surface area contributed by atoms with Crippen molar-refractivity contribution in [1.29, 1.82) is 0 Å². The summed E-state index contributed by atoms with van der Waals surface area (Å²) in [5.74, 6) is 1.88. The Balaban J connectivity index is 1.56. The van der Waals surface area contributed by atoms with Crippen molar-refractivity contribution in [1.82, 2.24) is 20.0 Å². The highest BCUT2D eigenvalue weighted by Crippen LogP contribution is 2.29. The second-order valence-electron chi connectivity index (χ2n) is 6.13. The van der Waals surface area contributed by atoms with Crippen molar-refractivity contribution in [2.75, 3.05) is 11.9 Å². The van der Waals surface area contributed by atoms with Gasteiger partial charge in [-0.05, 0) is 19.3 Å². The molecule has 3 rings (SSSR count). The minimum atomic E-state index is -0.0871. The summed E-state index contributed by atoms with van der Waals surface area (Å²) >= 11 is 1.53. The second-order valence-corrected chi connectivity index (χ2v) is 7.24. The van der Waals surface area contributed by atoms with Gasteiger partial charge in [-0.3, -0.25) is 9.69 Å². The van der Waals surface area contributed by atoms with E-state index in [9.17, 15) is 4.79 Å². The van der Waals surface area contributed by atoms with Gasteiger partial charge in [0, 0.05) is 50.5 Å². The smallest absolute Gasteiger partial charge is 0.223 e. The number of rotatable bonds is 5. The Hall–Kier alpha value is -1.80. The van der Waals surface area contributed by atoms with Crippen LogP contribution in [0.5, 0.6) is 0 Å². The van der Waals surface area contributed by atoms with Crippen molar-refractivity contribution in [3.8, 4) is 0 Å². The van der Waals surface area contributed by atoms with Gasteiger partial charge in [0.25, 0.3) is 0 Å². The molecule has 1 N–H and O–H groups in total. The maximum absolute atomic E-state index is 11.1. The van der Waals surface area contributed by atoms with Crippen molar-refractivity contribution in [2.24, 2.45) is 5.92 Å². The van der Waals surface area contributed by atoms with Crippen LogP contribution in [0.25, 0.3) is 0 Å². The summed E-state index contributed by atoms with van der Waals surface area (Å²) in [6.07, 6.45) is 3.83. The minimum Gasteiger partial charge on any atom is -0.340 e. The summed E-state index contributed by atoms with van der Waals surface area (Å²) in [6, 6.07) is 0.513. The van der Waals surface area contributed by atoms with Gasteiger partial charge in [0.15, 0.2) is 11.0 Å². The van der Waals surface area contributed by atoms with Crippen LogP contribution < -0.4 is 5.32 Å². The molecule has 1 fully saturated rings. The first-order valence-electron chi connectivity index (χ1n) is 7.75. The molecule has 0 radical (unpaired) electrons. The molecule has 1 aliphatic heterocycles. The maximum atomic E-state index is 11.1. The average molecular weight is 335 g/mol. The Morgan fingerprint density at radius 1 is 1.57 bits per heavy atom. The van der Waals surface area contributed by atoms with E-state index in [1.54, 1.807) is 0 Å². The first-order chi connectivity index (χ1) is 11.0. The number of amides is 1. The van der Waals surface area contributed by atoms with Gasteiger partial charge in [0.2, 0.25) is 11.8 Å². The molecule has 7 nitrogen and oxygen atoms in total. The van der Waals surface area contributed by atoms with Crippen LogP contribution in [0.1, 0.15) is 36.9 Å². The number of anilines is 1. The lowest BCUT2D eigenvalue weighted by molar-refractivity contribution is -0.114. The number of aromatic nitrogens is 3. The SMILES string of the molecule is CC(=O)Nc1ncc(CN2C[C@@H](Cc3noc(C)n3)C[C@@H]2C)s1. The number of aryl methyl sites for hydroxylation is 1. The summed E-state index contributed by atoms with van der Waals surface area (Å²) < 4.78 is 5.04. The predicted octanol–water partition coefficient (Wildman–Crippen LogP) is 2.25. The van der Waals surface area contributed by atoms with Crippen LogP contribution in [0.2, 0.25) is 0 Å². The third-order valence-electron chi connectivity index (χ3n) is 4.03. The van der Waals surface area contributed by atoms with Gasteiger partial charge >= 0.3 is 0 Å². The molecular weight excluding hydrogens is 314 g/mol. The lowest BCUT2D eigenvalue weighted by Crippen LogP contribution is -2.26. The molecular formula is C15H21N5O2S. The van der Waals surface area contributed by atoms with E-state index in [2.05, 4.69) is 32.3 Å². The topological polar surface area (TPSA) is 84.2 Å². The zero-order chi connectivity index (χ0) is 16.4. The first-order valence-corrected chi connectivity index (χ1v) is 8.56. The largest absolute Gasteiger partial charge is 0.340 e. The van der Waals surface area contributed by atoms with Crippen molar-refractivity contribution < 1.29 is 9.32 Å². The summed E-state index contributed by atoms with van der Waals surface area (Å²) in [4.78, 5) is 23.2. The van der Waals surface area contributed by atoms with Crippen LogP contribution >= 0.6 is 11.3 Å². The molecule has 0 unspecified atom stereocenters. The van der Waals surface area contributed by atoms with E-state index in [1.165, 1.54) is 18.3 Å². The van der Waals surface area contributed by atoms with Gasteiger partial charge in [-0.2, -0.15) is 4.98 Å². The molecule has 2 aromatic heterocycles. The van der Waals surface area contributed by atoms with Crippen LogP contribution in [0.15, 0.2) is 10.7 Å². The van der Waals surface area contributed by atoms with Gasteiger partial charge in [-0.15, -0.1) is 11.3 Å². The summed E-state index contributed by atoms with van der Waals surface area (Å²) in [7, 11) is 0. The van der Waals surface area contributed by atoms with Crippen molar-refractivity contribution in [3.05, 3.63) is 22.8 Å². The molecule has 1 saturated heterocycles. The quantitative estimate of drug-likeness (QED) is 0.902. The van der Waals surface area contributed by atoms with Gasteiger partial charge < -0.3 is 9.84 Å². The Bertz CT molecular complexity index is 683. The maximum Gasteiger partial charge on any atom is 0.223 e. The van der Waals surface area contributed by atoms with Crippen LogP contribution in [0.3, 0.4) is 0 Å². The van der Waals surface area contributed by atoms with E-state index in [1.807, 2.05) is 13.1 Å². The molecule has 0 bridgehead atoms. The third kappa shape index (κ3) is 4.14. The molecule has 3 heterocycles. The van der Waals surface area contributed by atoms with Crippen LogP contribution in [-0.2, 0) is 17.8 Å². The second kappa shape index (κ2) is 6.76. The lowest BCUT2D eigenvalue weighted by atomic mass is 10.0. The van der Waals surface area contributed by atoms with E-state index in [0.29, 0.717) is 23.0 Å². The number of likely N-dealkylation sites (tertiary alicyclic amines) is 1. The zero-order valence-corrected chi connectivity index (χ0v) is 14.4. The Morgan fingerprint density at radius 3 is 3.09 bits per heavy atom. The van der Waals surface area contributed by atoms with Gasteiger partial charge in [-0.25, -0.2) is 4.98 Å². The zero-order valence-electron chi connectivity index (χ0n) is 13.6. The van der Waals surface area contributed by atoms with E-state index >= 15 is 0 Å². The highest BCUT2D eigenvalue weighted by atomic mass is 32.1. The molecule has 0 spiro atoms. The van der Waals surface area contributed by atoms with Crippen LogP contribution in [0.4, 0.5) is 5.13 Å². The van der Waals surface area contributed by atoms with Gasteiger partial charge in [0.05, 0.1) is 0 Å². The van der Waals surface area contributed by atoms with E-state index < -0.39 is 0 Å². The van der Waals surface area contributed by atoms with Crippen LogP contribution in [-0.4, -0.2) is 38.5 Å². The van der Waals surface area contributed by atoms with Gasteiger partial charge in [-0.1, -0.05) is 5.16 Å². The number of carbonyl (C=O) groups is 1. The molecule has 2 aromatic rings. The van der Waals surface area contributed by atoms with Gasteiger partial charge in [0.1, 0.15) is 0 Å². The normalized spacial score (nSPS) is 21.7. The number of thiazole rings is 1. The van der Waals surface area contributed by atoms with Crippen molar-refractivity contribution >= 4 is 22.4 Å². The molecule has 0 aliphatic carbocycles. The fourth-order valence-electron chi connectivity index (χ4n) is 3.06. The Morgan fingerprint density at radius 2 is 2.39 bits per heavy atom. The number of hydrogen-bond donors (Lipinski definition) is 1. The Kier molecular flexibility index (Phi) is 4.72. The number of nitrogens with one attached hydrogen (secondary N) is 1. The first kappa shape index (κ1) is 16.1. The predicted molar refractivity (Wildman–Crippen MR) is 87.1 cm³/mol. The highest BCUT2D eigenvalue weighted by Gasteiger charge is 2.30. The van der Waals surface area contributed by atoms with E-state index in [-0.39, 0.29) is 5.91 Å². The summed E-state index contributed by atoms with van der Waals surface area (Å²) in [6.45, 7) is 7.43. The van der Waals surface area contributed by atoms with E-state index in [0.717, 1.165) is 36.6 Å². The standard InChI is InChI=1S/C15H21N5O2S/c1-9-4-12(5-14-18-11(3)22-19-14)7-20(9)8-13-6-16-15(23-13)17-10(2)21/h6,9,12H,4-5,7-8H2,1-3H3,(H,16,17,21)/t9-,12+/m0/s1. The average Bonchev–Trinajstić information content (AvgIpc) is 3.14. The van der Waals surface area contributed by atoms with Crippen molar-refractivity contribution in [2.45, 2.75) is 46.2 Å². The Labute approximate surface area is 139 Å². The monoisotopic (exact) mass is 335 g/mol. The lowest BCUT2D eigenvalue weighted by Gasteiger charge is -2.19. The molecule has 0 aromatic carbocycles. The molecule has 1 amide bonds. The molecule has 23 heavy (non-hydrogen) atoms. The molecule has 0 saturated carbocycles. The number of hydrogen-bond acceptors (Lipinski definition) is 7. The fraction of sp³-hybridized carbons (Fsp3) is 0.600. The van der Waals surface area contributed by atoms with E-state index in [4.69, 9.17) is 4.52 Å².